The number of hydrogen-bond acceptors (Lipinski definition) is 2. The summed E-state index contributed by atoms with van der Waals surface area (Å²) in [6, 6.07) is 22.3. The third-order valence-corrected chi connectivity index (χ3v) is 5.46. The van der Waals surface area contributed by atoms with E-state index in [9.17, 15) is 18.0 Å². The van der Waals surface area contributed by atoms with Gasteiger partial charge in [0.2, 0.25) is 0 Å². The lowest BCUT2D eigenvalue weighted by molar-refractivity contribution is -0.137. The first-order valence-corrected chi connectivity index (χ1v) is 10.4. The van der Waals surface area contributed by atoms with Crippen LogP contribution in [0.1, 0.15) is 32.9 Å². The summed E-state index contributed by atoms with van der Waals surface area (Å²) in [6.45, 7) is 3.70. The van der Waals surface area contributed by atoms with Gasteiger partial charge in [-0.1, -0.05) is 54.6 Å². The molecule has 0 radical (unpaired) electrons. The second kappa shape index (κ2) is 8.94. The maximum atomic E-state index is 13.0. The molecule has 0 spiro atoms. The molecule has 0 unspecified atom stereocenters. The zero-order chi connectivity index (χ0) is 23.6. The van der Waals surface area contributed by atoms with E-state index < -0.39 is 11.7 Å². The molecule has 7 heteroatoms. The molecule has 0 aliphatic carbocycles. The van der Waals surface area contributed by atoms with Crippen molar-refractivity contribution >= 4 is 11.6 Å². The van der Waals surface area contributed by atoms with E-state index in [-0.39, 0.29) is 12.5 Å². The van der Waals surface area contributed by atoms with Crippen molar-refractivity contribution in [3.63, 3.8) is 0 Å². The Bertz CT molecular complexity index is 1280. The first-order chi connectivity index (χ1) is 15.7. The fourth-order valence-electron chi connectivity index (χ4n) is 3.68. The third-order valence-electron chi connectivity index (χ3n) is 5.46. The Morgan fingerprint density at radius 1 is 0.909 bits per heavy atom. The Morgan fingerprint density at radius 2 is 1.58 bits per heavy atom. The van der Waals surface area contributed by atoms with E-state index in [1.165, 1.54) is 6.07 Å². The Kier molecular flexibility index (Phi) is 6.05. The number of anilines is 1. The lowest BCUT2D eigenvalue weighted by atomic mass is 10.0. The van der Waals surface area contributed by atoms with Gasteiger partial charge in [-0.05, 0) is 54.8 Å². The number of hydrogen-bond donors (Lipinski definition) is 1. The molecule has 0 fully saturated rings. The maximum Gasteiger partial charge on any atom is 0.416 e. The van der Waals surface area contributed by atoms with Crippen molar-refractivity contribution in [3.05, 3.63) is 107 Å². The summed E-state index contributed by atoms with van der Waals surface area (Å²) in [5.74, 6) is -0.278. The van der Waals surface area contributed by atoms with Crippen LogP contribution in [-0.2, 0) is 12.7 Å². The molecule has 0 aliphatic heterocycles. The van der Waals surface area contributed by atoms with E-state index in [1.807, 2.05) is 42.5 Å². The summed E-state index contributed by atoms with van der Waals surface area (Å²) >= 11 is 0. The molecule has 0 aliphatic rings. The van der Waals surface area contributed by atoms with Gasteiger partial charge in [0.05, 0.1) is 29.2 Å². The van der Waals surface area contributed by atoms with Gasteiger partial charge in [-0.15, -0.1) is 0 Å². The van der Waals surface area contributed by atoms with Gasteiger partial charge in [-0.25, -0.2) is 0 Å². The number of carbonyl (C=O) groups is 1. The number of nitrogens with one attached hydrogen (secondary N) is 1. The van der Waals surface area contributed by atoms with Gasteiger partial charge in [0.25, 0.3) is 5.91 Å². The first kappa shape index (κ1) is 22.3. The average Bonchev–Trinajstić information content (AvgIpc) is 3.06. The Balaban J connectivity index is 1.51. The molecule has 1 aromatic heterocycles. The number of aryl methyl sites for hydroxylation is 1. The highest BCUT2D eigenvalue weighted by Gasteiger charge is 2.30. The molecule has 0 saturated heterocycles. The monoisotopic (exact) mass is 449 g/mol. The van der Waals surface area contributed by atoms with E-state index in [4.69, 9.17) is 0 Å². The predicted octanol–water partition coefficient (Wildman–Crippen LogP) is 6.49. The molecule has 1 heterocycles. The lowest BCUT2D eigenvalue weighted by Crippen LogP contribution is -2.13. The summed E-state index contributed by atoms with van der Waals surface area (Å²) in [5, 5.41) is 7.31. The van der Waals surface area contributed by atoms with Crippen molar-refractivity contribution < 1.29 is 18.0 Å². The van der Waals surface area contributed by atoms with Gasteiger partial charge in [-0.3, -0.25) is 9.48 Å². The minimum atomic E-state index is -4.40. The van der Waals surface area contributed by atoms with Crippen molar-refractivity contribution in [1.82, 2.24) is 9.78 Å². The zero-order valence-corrected chi connectivity index (χ0v) is 18.1. The smallest absolute Gasteiger partial charge is 0.319 e. The first-order valence-electron chi connectivity index (χ1n) is 10.4. The van der Waals surface area contributed by atoms with E-state index >= 15 is 0 Å². The topological polar surface area (TPSA) is 46.9 Å². The Morgan fingerprint density at radius 3 is 2.24 bits per heavy atom. The normalized spacial score (nSPS) is 11.4. The highest BCUT2D eigenvalue weighted by atomic mass is 19.4. The largest absolute Gasteiger partial charge is 0.416 e. The van der Waals surface area contributed by atoms with E-state index in [1.54, 1.807) is 36.7 Å². The Labute approximate surface area is 189 Å². The minimum absolute atomic E-state index is 0.165. The molecule has 4 aromatic rings. The van der Waals surface area contributed by atoms with Crippen LogP contribution < -0.4 is 5.32 Å². The molecule has 0 atom stereocenters. The van der Waals surface area contributed by atoms with Gasteiger partial charge in [0.1, 0.15) is 0 Å². The molecule has 1 N–H and O–H groups in total. The van der Waals surface area contributed by atoms with E-state index in [0.29, 0.717) is 28.2 Å². The summed E-state index contributed by atoms with van der Waals surface area (Å²) in [6.07, 6.45) is -4.40. The van der Waals surface area contributed by atoms with Crippen LogP contribution in [0.25, 0.3) is 11.1 Å². The predicted molar refractivity (Wildman–Crippen MR) is 122 cm³/mol. The van der Waals surface area contributed by atoms with Crippen LogP contribution in [0.5, 0.6) is 0 Å². The molecule has 0 saturated carbocycles. The second-order valence-corrected chi connectivity index (χ2v) is 7.80. The number of benzene rings is 3. The number of carbonyl (C=O) groups excluding carboxylic acids is 1. The molecule has 4 rings (SSSR count). The van der Waals surface area contributed by atoms with Crippen LogP contribution in [0.4, 0.5) is 18.9 Å². The van der Waals surface area contributed by atoms with Crippen molar-refractivity contribution in [3.8, 4) is 11.1 Å². The van der Waals surface area contributed by atoms with Crippen molar-refractivity contribution in [2.45, 2.75) is 26.6 Å². The fraction of sp³-hybridized carbons (Fsp3) is 0.154. The van der Waals surface area contributed by atoms with Gasteiger partial charge in [-0.2, -0.15) is 18.3 Å². The van der Waals surface area contributed by atoms with Crippen LogP contribution in [0.2, 0.25) is 0 Å². The average molecular weight is 449 g/mol. The van der Waals surface area contributed by atoms with Crippen molar-refractivity contribution in [2.24, 2.45) is 0 Å². The summed E-state index contributed by atoms with van der Waals surface area (Å²) in [5.41, 5.74) is 4.16. The lowest BCUT2D eigenvalue weighted by Gasteiger charge is -2.10. The Hall–Kier alpha value is -3.87. The minimum Gasteiger partial charge on any atom is -0.319 e. The standard InChI is InChI=1S/C26H22F3N3O/c1-17-24(18(2)32(31-17)16-19-7-6-10-23(15-19)26(27,28)29)30-25(33)22-13-11-21(12-14-22)20-8-4-3-5-9-20/h3-15H,16H2,1-2H3,(H,30,33). The second-order valence-electron chi connectivity index (χ2n) is 7.80. The fourth-order valence-corrected chi connectivity index (χ4v) is 3.68. The number of alkyl halides is 3. The number of nitrogens with zero attached hydrogens (tertiary/aromatic N) is 2. The maximum absolute atomic E-state index is 13.0. The van der Waals surface area contributed by atoms with Gasteiger partial charge in [0.15, 0.2) is 0 Å². The van der Waals surface area contributed by atoms with Crippen LogP contribution in [-0.4, -0.2) is 15.7 Å². The van der Waals surface area contributed by atoms with Crippen molar-refractivity contribution in [1.29, 1.82) is 0 Å². The van der Waals surface area contributed by atoms with Gasteiger partial charge < -0.3 is 5.32 Å². The SMILES string of the molecule is Cc1nn(Cc2cccc(C(F)(F)F)c2)c(C)c1NC(=O)c1ccc(-c2ccccc2)cc1. The molecular weight excluding hydrogens is 427 g/mol. The van der Waals surface area contributed by atoms with E-state index in [0.717, 1.165) is 23.3 Å². The van der Waals surface area contributed by atoms with Crippen LogP contribution in [0.3, 0.4) is 0 Å². The number of halogens is 3. The number of amides is 1. The number of rotatable bonds is 5. The highest BCUT2D eigenvalue weighted by molar-refractivity contribution is 6.05. The molecule has 1 amide bonds. The quantitative estimate of drug-likeness (QED) is 0.379. The van der Waals surface area contributed by atoms with Crippen molar-refractivity contribution in [2.75, 3.05) is 5.32 Å². The molecule has 168 valence electrons. The van der Waals surface area contributed by atoms with Crippen LogP contribution in [0.15, 0.2) is 78.9 Å². The zero-order valence-electron chi connectivity index (χ0n) is 18.1. The number of aromatic nitrogens is 2. The van der Waals surface area contributed by atoms with Crippen LogP contribution in [0, 0.1) is 13.8 Å². The summed E-state index contributed by atoms with van der Waals surface area (Å²) < 4.78 is 40.6. The van der Waals surface area contributed by atoms with Gasteiger partial charge in [0, 0.05) is 5.56 Å². The van der Waals surface area contributed by atoms with E-state index in [2.05, 4.69) is 10.4 Å². The molecular formula is C26H22F3N3O. The molecule has 4 nitrogen and oxygen atoms in total. The van der Waals surface area contributed by atoms with Crippen LogP contribution >= 0.6 is 0 Å². The molecule has 3 aromatic carbocycles. The molecule has 33 heavy (non-hydrogen) atoms. The molecule has 0 bridgehead atoms. The highest BCUT2D eigenvalue weighted by Crippen LogP contribution is 2.30. The summed E-state index contributed by atoms with van der Waals surface area (Å²) in [7, 11) is 0. The third kappa shape index (κ3) is 4.98. The summed E-state index contributed by atoms with van der Waals surface area (Å²) in [4.78, 5) is 12.8. The van der Waals surface area contributed by atoms with Gasteiger partial charge >= 0.3 is 6.18 Å².